The molecular formula is C12H16N4. The summed E-state index contributed by atoms with van der Waals surface area (Å²) in [6.07, 6.45) is 9.32. The first-order valence-electron chi connectivity index (χ1n) is 5.39. The van der Waals surface area contributed by atoms with E-state index in [2.05, 4.69) is 16.1 Å². The first kappa shape index (κ1) is 10.8. The van der Waals surface area contributed by atoms with Crippen LogP contribution in [-0.4, -0.2) is 14.8 Å². The number of hydrogen-bond acceptors (Lipinski definition) is 3. The number of nitrogens with two attached hydrogens (primary N) is 1. The Bertz CT molecular complexity index is 435. The highest BCUT2D eigenvalue weighted by Crippen LogP contribution is 2.15. The maximum absolute atomic E-state index is 6.08. The third-order valence-electron chi connectivity index (χ3n) is 2.62. The highest BCUT2D eigenvalue weighted by atomic mass is 15.2. The standard InChI is InChI=1S/C12H16N4/c1-16-9-11(8-15-16)12(13)5-4-10-3-2-6-14-7-10/h2-3,6-9,12H,4-5,13H2,1H3. The molecule has 0 saturated heterocycles. The van der Waals surface area contributed by atoms with Gasteiger partial charge < -0.3 is 5.73 Å². The fourth-order valence-electron chi connectivity index (χ4n) is 1.67. The van der Waals surface area contributed by atoms with Gasteiger partial charge in [-0.15, -0.1) is 0 Å². The SMILES string of the molecule is Cn1cc(C(N)CCc2cccnc2)cn1. The van der Waals surface area contributed by atoms with Crippen molar-refractivity contribution in [2.75, 3.05) is 0 Å². The molecule has 0 radical (unpaired) electrons. The lowest BCUT2D eigenvalue weighted by molar-refractivity contribution is 0.649. The van der Waals surface area contributed by atoms with Gasteiger partial charge in [-0.2, -0.15) is 5.10 Å². The van der Waals surface area contributed by atoms with E-state index in [9.17, 15) is 0 Å². The first-order chi connectivity index (χ1) is 7.75. The molecule has 2 aromatic heterocycles. The van der Waals surface area contributed by atoms with Gasteiger partial charge in [-0.3, -0.25) is 9.67 Å². The molecule has 0 saturated carbocycles. The molecule has 0 amide bonds. The van der Waals surface area contributed by atoms with Crippen LogP contribution in [0.4, 0.5) is 0 Å². The van der Waals surface area contributed by atoms with Crippen LogP contribution in [0.5, 0.6) is 0 Å². The first-order valence-corrected chi connectivity index (χ1v) is 5.39. The van der Waals surface area contributed by atoms with Crippen molar-refractivity contribution in [1.82, 2.24) is 14.8 Å². The normalized spacial score (nSPS) is 12.6. The van der Waals surface area contributed by atoms with Gasteiger partial charge in [0.25, 0.3) is 0 Å². The smallest absolute Gasteiger partial charge is 0.0537 e. The lowest BCUT2D eigenvalue weighted by Crippen LogP contribution is -2.10. The molecule has 0 bridgehead atoms. The predicted octanol–water partition coefficient (Wildman–Crippen LogP) is 1.45. The Morgan fingerprint density at radius 3 is 2.94 bits per heavy atom. The van der Waals surface area contributed by atoms with Crippen molar-refractivity contribution in [3.8, 4) is 0 Å². The molecule has 2 N–H and O–H groups in total. The van der Waals surface area contributed by atoms with Crippen molar-refractivity contribution < 1.29 is 0 Å². The lowest BCUT2D eigenvalue weighted by Gasteiger charge is -2.08. The summed E-state index contributed by atoms with van der Waals surface area (Å²) in [5.41, 5.74) is 8.40. The van der Waals surface area contributed by atoms with Gasteiger partial charge in [0.15, 0.2) is 0 Å². The molecule has 1 unspecified atom stereocenters. The van der Waals surface area contributed by atoms with Crippen LogP contribution >= 0.6 is 0 Å². The minimum Gasteiger partial charge on any atom is -0.324 e. The van der Waals surface area contributed by atoms with Gasteiger partial charge in [0.05, 0.1) is 6.20 Å². The Labute approximate surface area is 95.1 Å². The van der Waals surface area contributed by atoms with E-state index in [0.29, 0.717) is 0 Å². The van der Waals surface area contributed by atoms with Crippen molar-refractivity contribution in [1.29, 1.82) is 0 Å². The number of hydrogen-bond donors (Lipinski definition) is 1. The molecule has 2 aromatic rings. The quantitative estimate of drug-likeness (QED) is 0.841. The molecule has 2 heterocycles. The van der Waals surface area contributed by atoms with Gasteiger partial charge in [-0.25, -0.2) is 0 Å². The second-order valence-corrected chi connectivity index (χ2v) is 3.95. The van der Waals surface area contributed by atoms with Gasteiger partial charge in [-0.1, -0.05) is 6.07 Å². The van der Waals surface area contributed by atoms with Gasteiger partial charge in [0.2, 0.25) is 0 Å². The summed E-state index contributed by atoms with van der Waals surface area (Å²) in [4.78, 5) is 4.08. The Kier molecular flexibility index (Phi) is 3.31. The van der Waals surface area contributed by atoms with E-state index >= 15 is 0 Å². The average molecular weight is 216 g/mol. The molecule has 4 heteroatoms. The summed E-state index contributed by atoms with van der Waals surface area (Å²) in [5, 5.41) is 4.12. The lowest BCUT2D eigenvalue weighted by atomic mass is 10.0. The molecule has 0 aliphatic rings. The van der Waals surface area contributed by atoms with Crippen molar-refractivity contribution in [2.45, 2.75) is 18.9 Å². The van der Waals surface area contributed by atoms with Crippen molar-refractivity contribution in [2.24, 2.45) is 12.8 Å². The van der Waals surface area contributed by atoms with E-state index in [-0.39, 0.29) is 6.04 Å². The number of aromatic nitrogens is 3. The predicted molar refractivity (Wildman–Crippen MR) is 62.7 cm³/mol. The highest BCUT2D eigenvalue weighted by molar-refractivity contribution is 5.12. The van der Waals surface area contributed by atoms with E-state index in [1.54, 1.807) is 10.9 Å². The van der Waals surface area contributed by atoms with Crippen LogP contribution in [-0.2, 0) is 13.5 Å². The van der Waals surface area contributed by atoms with Crippen LogP contribution in [0.15, 0.2) is 36.9 Å². The van der Waals surface area contributed by atoms with E-state index in [1.165, 1.54) is 5.56 Å². The van der Waals surface area contributed by atoms with Crippen LogP contribution in [0.2, 0.25) is 0 Å². The van der Waals surface area contributed by atoms with E-state index in [4.69, 9.17) is 5.73 Å². The third-order valence-corrected chi connectivity index (χ3v) is 2.62. The number of pyridine rings is 1. The summed E-state index contributed by atoms with van der Waals surface area (Å²) in [5.74, 6) is 0. The number of nitrogens with zero attached hydrogens (tertiary/aromatic N) is 3. The maximum Gasteiger partial charge on any atom is 0.0537 e. The van der Waals surface area contributed by atoms with Crippen LogP contribution < -0.4 is 5.73 Å². The topological polar surface area (TPSA) is 56.7 Å². The Morgan fingerprint density at radius 1 is 1.44 bits per heavy atom. The van der Waals surface area contributed by atoms with Gasteiger partial charge in [0.1, 0.15) is 0 Å². The van der Waals surface area contributed by atoms with Crippen molar-refractivity contribution in [3.05, 3.63) is 48.0 Å². The largest absolute Gasteiger partial charge is 0.324 e. The number of rotatable bonds is 4. The zero-order valence-electron chi connectivity index (χ0n) is 9.37. The Hall–Kier alpha value is -1.68. The van der Waals surface area contributed by atoms with Crippen LogP contribution in [0.3, 0.4) is 0 Å². The minimum atomic E-state index is 0.0499. The van der Waals surface area contributed by atoms with Crippen molar-refractivity contribution in [3.63, 3.8) is 0 Å². The molecular weight excluding hydrogens is 200 g/mol. The van der Waals surface area contributed by atoms with Gasteiger partial charge >= 0.3 is 0 Å². The summed E-state index contributed by atoms with van der Waals surface area (Å²) < 4.78 is 1.78. The molecule has 4 nitrogen and oxygen atoms in total. The fourth-order valence-corrected chi connectivity index (χ4v) is 1.67. The fraction of sp³-hybridized carbons (Fsp3) is 0.333. The maximum atomic E-state index is 6.08. The number of aryl methyl sites for hydroxylation is 2. The Morgan fingerprint density at radius 2 is 2.31 bits per heavy atom. The minimum absolute atomic E-state index is 0.0499. The molecule has 0 spiro atoms. The van der Waals surface area contributed by atoms with Crippen molar-refractivity contribution >= 4 is 0 Å². The third kappa shape index (κ3) is 2.67. The molecule has 2 rings (SSSR count). The average Bonchev–Trinajstić information content (AvgIpc) is 2.74. The second-order valence-electron chi connectivity index (χ2n) is 3.95. The summed E-state index contributed by atoms with van der Waals surface area (Å²) >= 11 is 0. The van der Waals surface area contributed by atoms with Gasteiger partial charge in [0, 0.05) is 37.2 Å². The van der Waals surface area contributed by atoms with E-state index in [0.717, 1.165) is 18.4 Å². The molecule has 0 aliphatic heterocycles. The molecule has 0 aromatic carbocycles. The molecule has 84 valence electrons. The molecule has 0 aliphatic carbocycles. The summed E-state index contributed by atoms with van der Waals surface area (Å²) in [6.45, 7) is 0. The second kappa shape index (κ2) is 4.90. The van der Waals surface area contributed by atoms with Gasteiger partial charge in [-0.05, 0) is 24.5 Å². The van der Waals surface area contributed by atoms with Crippen LogP contribution in [0, 0.1) is 0 Å². The summed E-state index contributed by atoms with van der Waals surface area (Å²) in [7, 11) is 1.90. The molecule has 0 fully saturated rings. The van der Waals surface area contributed by atoms with Crippen LogP contribution in [0.1, 0.15) is 23.6 Å². The Balaban J connectivity index is 1.91. The zero-order valence-corrected chi connectivity index (χ0v) is 9.37. The highest BCUT2D eigenvalue weighted by Gasteiger charge is 2.07. The van der Waals surface area contributed by atoms with E-state index < -0.39 is 0 Å². The van der Waals surface area contributed by atoms with E-state index in [1.807, 2.05) is 31.7 Å². The monoisotopic (exact) mass is 216 g/mol. The summed E-state index contributed by atoms with van der Waals surface area (Å²) in [6, 6.07) is 4.07. The molecule has 16 heavy (non-hydrogen) atoms. The van der Waals surface area contributed by atoms with Crippen LogP contribution in [0.25, 0.3) is 0 Å². The zero-order chi connectivity index (χ0) is 11.4. The molecule has 1 atom stereocenters.